The van der Waals surface area contributed by atoms with E-state index in [1.54, 1.807) is 0 Å². The van der Waals surface area contributed by atoms with Crippen molar-refractivity contribution in [2.45, 2.75) is 64.7 Å². The predicted molar refractivity (Wildman–Crippen MR) is 87.5 cm³/mol. The minimum Gasteiger partial charge on any atom is -0.0840 e. The predicted octanol–water partition coefficient (Wildman–Crippen LogP) is 6.80. The summed E-state index contributed by atoms with van der Waals surface area (Å²) in [5.41, 5.74) is 1.13. The van der Waals surface area contributed by atoms with Crippen LogP contribution < -0.4 is 0 Å². The van der Waals surface area contributed by atoms with Gasteiger partial charge in [-0.15, -0.1) is 0 Å². The molecule has 0 bridgehead atoms. The second-order valence-electron chi connectivity index (χ2n) is 5.18. The third-order valence-corrected chi connectivity index (χ3v) is 3.80. The van der Waals surface area contributed by atoms with Gasteiger partial charge in [-0.25, -0.2) is 0 Å². The first-order valence-corrected chi connectivity index (χ1v) is 8.13. The van der Waals surface area contributed by atoms with E-state index in [0.717, 1.165) is 17.0 Å². The van der Waals surface area contributed by atoms with E-state index in [4.69, 9.17) is 11.6 Å². The largest absolute Gasteiger partial charge is 0.0840 e. The standard InChI is InChI=1S/C18H27Cl/c1-2-3-4-5-6-7-8-9-13-16-18(19)17-14-11-10-12-15-17/h10-12,14-16H,2-9,13H2,1H3. The zero-order valence-electron chi connectivity index (χ0n) is 12.2. The van der Waals surface area contributed by atoms with Crippen LogP contribution in [-0.4, -0.2) is 0 Å². The van der Waals surface area contributed by atoms with E-state index >= 15 is 0 Å². The molecule has 1 rings (SSSR count). The molecule has 0 saturated heterocycles. The van der Waals surface area contributed by atoms with Crippen molar-refractivity contribution >= 4 is 16.6 Å². The smallest absolute Gasteiger partial charge is 0.0438 e. The highest BCUT2D eigenvalue weighted by molar-refractivity contribution is 6.48. The van der Waals surface area contributed by atoms with Crippen molar-refractivity contribution < 1.29 is 0 Å². The van der Waals surface area contributed by atoms with E-state index in [2.05, 4.69) is 25.1 Å². The second-order valence-corrected chi connectivity index (χ2v) is 5.59. The Balaban J connectivity index is 2.04. The Morgan fingerprint density at radius 2 is 1.47 bits per heavy atom. The van der Waals surface area contributed by atoms with Gasteiger partial charge in [0.25, 0.3) is 0 Å². The first-order valence-electron chi connectivity index (χ1n) is 7.75. The molecular formula is C18H27Cl. The van der Waals surface area contributed by atoms with Crippen molar-refractivity contribution in [3.63, 3.8) is 0 Å². The molecule has 0 aliphatic heterocycles. The van der Waals surface area contributed by atoms with Crippen LogP contribution in [0.25, 0.3) is 5.03 Å². The molecule has 1 heteroatoms. The first-order chi connectivity index (χ1) is 9.34. The van der Waals surface area contributed by atoms with Crippen LogP contribution in [0.4, 0.5) is 0 Å². The van der Waals surface area contributed by atoms with E-state index in [0.29, 0.717) is 0 Å². The lowest BCUT2D eigenvalue weighted by atomic mass is 10.1. The van der Waals surface area contributed by atoms with Gasteiger partial charge in [-0.2, -0.15) is 0 Å². The maximum absolute atomic E-state index is 6.26. The molecule has 1 aromatic rings. The maximum atomic E-state index is 6.26. The monoisotopic (exact) mass is 278 g/mol. The molecule has 0 aliphatic rings. The summed E-state index contributed by atoms with van der Waals surface area (Å²) < 4.78 is 0. The van der Waals surface area contributed by atoms with E-state index in [9.17, 15) is 0 Å². The summed E-state index contributed by atoms with van der Waals surface area (Å²) >= 11 is 6.26. The Kier molecular flexibility index (Phi) is 9.53. The molecule has 0 atom stereocenters. The van der Waals surface area contributed by atoms with Crippen molar-refractivity contribution in [1.82, 2.24) is 0 Å². The number of unbranched alkanes of at least 4 members (excludes halogenated alkanes) is 8. The highest BCUT2D eigenvalue weighted by Crippen LogP contribution is 2.20. The van der Waals surface area contributed by atoms with Gasteiger partial charge in [-0.05, 0) is 18.4 Å². The quantitative estimate of drug-likeness (QED) is 0.413. The van der Waals surface area contributed by atoms with Crippen LogP contribution >= 0.6 is 11.6 Å². The molecule has 0 N–H and O–H groups in total. The lowest BCUT2D eigenvalue weighted by Crippen LogP contribution is -1.81. The molecule has 0 spiro atoms. The number of hydrogen-bond donors (Lipinski definition) is 0. The van der Waals surface area contributed by atoms with Crippen LogP contribution in [0, 0.1) is 0 Å². The average molecular weight is 279 g/mol. The molecule has 0 radical (unpaired) electrons. The molecule has 0 unspecified atom stereocenters. The fourth-order valence-electron chi connectivity index (χ4n) is 2.22. The highest BCUT2D eigenvalue weighted by Gasteiger charge is 1.96. The van der Waals surface area contributed by atoms with Crippen molar-refractivity contribution in [3.8, 4) is 0 Å². The van der Waals surface area contributed by atoms with Crippen LogP contribution in [-0.2, 0) is 0 Å². The third-order valence-electron chi connectivity index (χ3n) is 3.43. The SMILES string of the molecule is CCCCCCCCCCC=C(Cl)c1ccccc1. The fourth-order valence-corrected chi connectivity index (χ4v) is 2.46. The summed E-state index contributed by atoms with van der Waals surface area (Å²) in [6.07, 6.45) is 14.2. The minimum atomic E-state index is 0.892. The Bertz CT molecular complexity index is 340. The Hall–Kier alpha value is -0.750. The summed E-state index contributed by atoms with van der Waals surface area (Å²) in [6.45, 7) is 2.27. The summed E-state index contributed by atoms with van der Waals surface area (Å²) in [5, 5.41) is 0.892. The van der Waals surface area contributed by atoms with Crippen molar-refractivity contribution in [3.05, 3.63) is 42.0 Å². The zero-order valence-corrected chi connectivity index (χ0v) is 13.0. The summed E-state index contributed by atoms with van der Waals surface area (Å²) in [4.78, 5) is 0. The van der Waals surface area contributed by atoms with Gasteiger partial charge in [-0.1, -0.05) is 99.9 Å². The molecule has 0 saturated carbocycles. The van der Waals surface area contributed by atoms with Gasteiger partial charge in [0.05, 0.1) is 0 Å². The zero-order chi connectivity index (χ0) is 13.8. The number of rotatable bonds is 10. The van der Waals surface area contributed by atoms with E-state index in [-0.39, 0.29) is 0 Å². The maximum Gasteiger partial charge on any atom is 0.0438 e. The normalized spacial score (nSPS) is 11.8. The molecule has 106 valence electrons. The van der Waals surface area contributed by atoms with E-state index in [1.807, 2.05) is 18.2 Å². The molecule has 0 aliphatic carbocycles. The lowest BCUT2D eigenvalue weighted by Gasteiger charge is -2.01. The Morgan fingerprint density at radius 3 is 2.11 bits per heavy atom. The van der Waals surface area contributed by atoms with Gasteiger partial charge in [0, 0.05) is 5.03 Å². The van der Waals surface area contributed by atoms with Crippen LogP contribution in [0.2, 0.25) is 0 Å². The highest BCUT2D eigenvalue weighted by atomic mass is 35.5. The van der Waals surface area contributed by atoms with Crippen molar-refractivity contribution in [2.75, 3.05) is 0 Å². The molecule has 19 heavy (non-hydrogen) atoms. The van der Waals surface area contributed by atoms with Crippen LogP contribution in [0.5, 0.6) is 0 Å². The van der Waals surface area contributed by atoms with E-state index in [1.165, 1.54) is 51.4 Å². The lowest BCUT2D eigenvalue weighted by molar-refractivity contribution is 0.578. The molecular weight excluding hydrogens is 252 g/mol. The van der Waals surface area contributed by atoms with Gasteiger partial charge < -0.3 is 0 Å². The number of hydrogen-bond acceptors (Lipinski definition) is 0. The van der Waals surface area contributed by atoms with E-state index < -0.39 is 0 Å². The summed E-state index contributed by atoms with van der Waals surface area (Å²) in [5.74, 6) is 0. The first kappa shape index (κ1) is 16.3. The van der Waals surface area contributed by atoms with Gasteiger partial charge in [0.15, 0.2) is 0 Å². The molecule has 0 aromatic heterocycles. The van der Waals surface area contributed by atoms with Gasteiger partial charge >= 0.3 is 0 Å². The average Bonchev–Trinajstić information content (AvgIpc) is 2.46. The van der Waals surface area contributed by atoms with Gasteiger partial charge in [-0.3, -0.25) is 0 Å². The summed E-state index contributed by atoms with van der Waals surface area (Å²) in [7, 11) is 0. The molecule has 0 heterocycles. The molecule has 0 fully saturated rings. The molecule has 1 aromatic carbocycles. The minimum absolute atomic E-state index is 0.892. The van der Waals surface area contributed by atoms with Crippen LogP contribution in [0.15, 0.2) is 36.4 Å². The van der Waals surface area contributed by atoms with Gasteiger partial charge in [0.1, 0.15) is 0 Å². The fraction of sp³-hybridized carbons (Fsp3) is 0.556. The Morgan fingerprint density at radius 1 is 0.895 bits per heavy atom. The second kappa shape index (κ2) is 11.1. The number of allylic oxidation sites excluding steroid dienone is 1. The van der Waals surface area contributed by atoms with Crippen LogP contribution in [0.1, 0.15) is 70.3 Å². The van der Waals surface area contributed by atoms with Gasteiger partial charge in [0.2, 0.25) is 0 Å². The topological polar surface area (TPSA) is 0 Å². The molecule has 0 nitrogen and oxygen atoms in total. The molecule has 0 amide bonds. The number of halogens is 1. The number of benzene rings is 1. The van der Waals surface area contributed by atoms with Crippen LogP contribution in [0.3, 0.4) is 0 Å². The third kappa shape index (κ3) is 8.10. The summed E-state index contributed by atoms with van der Waals surface area (Å²) in [6, 6.07) is 10.2. The van der Waals surface area contributed by atoms with Crippen molar-refractivity contribution in [2.24, 2.45) is 0 Å². The van der Waals surface area contributed by atoms with Crippen molar-refractivity contribution in [1.29, 1.82) is 0 Å². The Labute approximate surface area is 123 Å².